The van der Waals surface area contributed by atoms with E-state index < -0.39 is 0 Å². The summed E-state index contributed by atoms with van der Waals surface area (Å²) in [6.07, 6.45) is 6.72. The summed E-state index contributed by atoms with van der Waals surface area (Å²) in [6, 6.07) is 3.87. The topological polar surface area (TPSA) is 15.3 Å². The number of aryl methyl sites for hydroxylation is 1. The third-order valence-electron chi connectivity index (χ3n) is 4.37. The minimum Gasteiger partial charge on any atom is -0.309 e. The molecule has 1 aliphatic rings. The number of unbranched alkanes of at least 4 members (excludes halogenated alkanes) is 2. The Bertz CT molecular complexity index is 421. The van der Waals surface area contributed by atoms with Gasteiger partial charge in [0.2, 0.25) is 0 Å². The normalized spacial score (nSPS) is 15.3. The SMILES string of the molecule is CCCCCN(Cc1cc(CNC2CC2)sc1C)C(C)C. The minimum atomic E-state index is 0.634. The van der Waals surface area contributed by atoms with Crippen LogP contribution in [0.3, 0.4) is 0 Å². The number of thiophene rings is 1. The Kier molecular flexibility index (Phi) is 6.72. The molecule has 0 unspecified atom stereocenters. The first-order chi connectivity index (χ1) is 10.1. The fourth-order valence-corrected chi connectivity index (χ4v) is 3.67. The molecular formula is C18H32N2S. The van der Waals surface area contributed by atoms with Crippen LogP contribution in [0.4, 0.5) is 0 Å². The van der Waals surface area contributed by atoms with E-state index in [2.05, 4.69) is 44.0 Å². The van der Waals surface area contributed by atoms with Gasteiger partial charge in [-0.1, -0.05) is 19.8 Å². The second-order valence-corrected chi connectivity index (χ2v) is 8.06. The summed E-state index contributed by atoms with van der Waals surface area (Å²) in [5.74, 6) is 0. The maximum Gasteiger partial charge on any atom is 0.0302 e. The van der Waals surface area contributed by atoms with Gasteiger partial charge in [-0.3, -0.25) is 4.90 Å². The average Bonchev–Trinajstić information content (AvgIpc) is 3.20. The van der Waals surface area contributed by atoms with Crippen LogP contribution in [0.15, 0.2) is 6.07 Å². The van der Waals surface area contributed by atoms with Crippen LogP contribution in [0.25, 0.3) is 0 Å². The second kappa shape index (κ2) is 8.30. The molecule has 0 amide bonds. The van der Waals surface area contributed by atoms with Gasteiger partial charge in [0, 0.05) is 34.9 Å². The van der Waals surface area contributed by atoms with E-state index in [9.17, 15) is 0 Å². The smallest absolute Gasteiger partial charge is 0.0302 e. The van der Waals surface area contributed by atoms with Crippen molar-refractivity contribution in [2.45, 2.75) is 85.0 Å². The molecule has 2 rings (SSSR count). The van der Waals surface area contributed by atoms with Crippen LogP contribution < -0.4 is 5.32 Å². The number of hydrogen-bond acceptors (Lipinski definition) is 3. The van der Waals surface area contributed by atoms with Crippen molar-refractivity contribution in [2.24, 2.45) is 0 Å². The molecule has 0 saturated heterocycles. The van der Waals surface area contributed by atoms with Gasteiger partial charge in [-0.05, 0) is 58.2 Å². The zero-order valence-electron chi connectivity index (χ0n) is 14.2. The quantitative estimate of drug-likeness (QED) is 0.630. The summed E-state index contributed by atoms with van der Waals surface area (Å²) in [5.41, 5.74) is 1.54. The van der Waals surface area contributed by atoms with Gasteiger partial charge in [-0.15, -0.1) is 11.3 Å². The van der Waals surface area contributed by atoms with Gasteiger partial charge in [0.05, 0.1) is 0 Å². The standard InChI is InChI=1S/C18H32N2S/c1-5-6-7-10-20(14(2)3)13-16-11-18(21-15(16)4)12-19-17-8-9-17/h11,14,17,19H,5-10,12-13H2,1-4H3. The molecule has 1 heterocycles. The molecule has 21 heavy (non-hydrogen) atoms. The maximum atomic E-state index is 3.63. The van der Waals surface area contributed by atoms with E-state index in [4.69, 9.17) is 0 Å². The Morgan fingerprint density at radius 2 is 2.10 bits per heavy atom. The Labute approximate surface area is 134 Å². The van der Waals surface area contributed by atoms with Gasteiger partial charge in [-0.25, -0.2) is 0 Å². The van der Waals surface area contributed by atoms with Crippen molar-refractivity contribution in [3.8, 4) is 0 Å². The summed E-state index contributed by atoms with van der Waals surface area (Å²) >= 11 is 1.98. The third-order valence-corrected chi connectivity index (χ3v) is 5.46. The first-order valence-electron chi connectivity index (χ1n) is 8.65. The number of nitrogens with zero attached hydrogens (tertiary/aromatic N) is 1. The van der Waals surface area contributed by atoms with Crippen LogP contribution in [0.2, 0.25) is 0 Å². The zero-order chi connectivity index (χ0) is 15.2. The van der Waals surface area contributed by atoms with Crippen molar-refractivity contribution >= 4 is 11.3 Å². The van der Waals surface area contributed by atoms with Gasteiger partial charge < -0.3 is 5.32 Å². The van der Waals surface area contributed by atoms with Crippen LogP contribution >= 0.6 is 11.3 Å². The molecule has 2 nitrogen and oxygen atoms in total. The lowest BCUT2D eigenvalue weighted by Gasteiger charge is -2.26. The summed E-state index contributed by atoms with van der Waals surface area (Å²) in [7, 11) is 0. The molecule has 1 aliphatic carbocycles. The van der Waals surface area contributed by atoms with E-state index in [1.165, 1.54) is 54.0 Å². The minimum absolute atomic E-state index is 0.634. The molecule has 0 radical (unpaired) electrons. The first-order valence-corrected chi connectivity index (χ1v) is 9.47. The van der Waals surface area contributed by atoms with Crippen molar-refractivity contribution in [3.63, 3.8) is 0 Å². The highest BCUT2D eigenvalue weighted by Crippen LogP contribution is 2.25. The van der Waals surface area contributed by atoms with Gasteiger partial charge >= 0.3 is 0 Å². The first kappa shape index (κ1) is 17.0. The van der Waals surface area contributed by atoms with E-state index in [-0.39, 0.29) is 0 Å². The maximum absolute atomic E-state index is 3.63. The van der Waals surface area contributed by atoms with Gasteiger partial charge in [0.1, 0.15) is 0 Å². The molecule has 1 aromatic rings. The molecule has 0 spiro atoms. The van der Waals surface area contributed by atoms with Crippen LogP contribution in [0, 0.1) is 6.92 Å². The van der Waals surface area contributed by atoms with Crippen molar-refractivity contribution in [1.82, 2.24) is 10.2 Å². The Morgan fingerprint density at radius 1 is 1.33 bits per heavy atom. The van der Waals surface area contributed by atoms with Crippen LogP contribution in [0.5, 0.6) is 0 Å². The molecule has 0 atom stereocenters. The van der Waals surface area contributed by atoms with Crippen LogP contribution in [0.1, 0.15) is 68.2 Å². The van der Waals surface area contributed by atoms with E-state index >= 15 is 0 Å². The Balaban J connectivity index is 1.88. The Hall–Kier alpha value is -0.380. The number of nitrogens with one attached hydrogen (secondary N) is 1. The van der Waals surface area contributed by atoms with Gasteiger partial charge in [0.15, 0.2) is 0 Å². The van der Waals surface area contributed by atoms with E-state index in [1.807, 2.05) is 11.3 Å². The van der Waals surface area contributed by atoms with Gasteiger partial charge in [-0.2, -0.15) is 0 Å². The van der Waals surface area contributed by atoms with Gasteiger partial charge in [0.25, 0.3) is 0 Å². The molecule has 1 aromatic heterocycles. The van der Waals surface area contributed by atoms with Crippen molar-refractivity contribution in [3.05, 3.63) is 21.4 Å². The predicted octanol–water partition coefficient (Wildman–Crippen LogP) is 4.71. The summed E-state index contributed by atoms with van der Waals surface area (Å²) in [6.45, 7) is 12.6. The Morgan fingerprint density at radius 3 is 2.71 bits per heavy atom. The summed E-state index contributed by atoms with van der Waals surface area (Å²) < 4.78 is 0. The molecule has 0 aromatic carbocycles. The molecule has 1 saturated carbocycles. The highest BCUT2D eigenvalue weighted by atomic mass is 32.1. The lowest BCUT2D eigenvalue weighted by molar-refractivity contribution is 0.208. The monoisotopic (exact) mass is 308 g/mol. The average molecular weight is 309 g/mol. The molecular weight excluding hydrogens is 276 g/mol. The highest BCUT2D eigenvalue weighted by molar-refractivity contribution is 7.12. The van der Waals surface area contributed by atoms with E-state index in [0.717, 1.165) is 19.1 Å². The van der Waals surface area contributed by atoms with Crippen LogP contribution in [-0.2, 0) is 13.1 Å². The molecule has 1 fully saturated rings. The largest absolute Gasteiger partial charge is 0.309 e. The molecule has 3 heteroatoms. The fraction of sp³-hybridized carbons (Fsp3) is 0.778. The van der Waals surface area contributed by atoms with Crippen LogP contribution in [-0.4, -0.2) is 23.5 Å². The molecule has 120 valence electrons. The summed E-state index contributed by atoms with van der Waals surface area (Å²) in [4.78, 5) is 5.64. The predicted molar refractivity (Wildman–Crippen MR) is 94.0 cm³/mol. The third kappa shape index (κ3) is 5.72. The van der Waals surface area contributed by atoms with E-state index in [0.29, 0.717) is 6.04 Å². The molecule has 0 aliphatic heterocycles. The summed E-state index contributed by atoms with van der Waals surface area (Å²) in [5, 5.41) is 3.63. The van der Waals surface area contributed by atoms with Crippen molar-refractivity contribution in [2.75, 3.05) is 6.54 Å². The van der Waals surface area contributed by atoms with Crippen molar-refractivity contribution in [1.29, 1.82) is 0 Å². The molecule has 0 bridgehead atoms. The zero-order valence-corrected chi connectivity index (χ0v) is 15.1. The van der Waals surface area contributed by atoms with E-state index in [1.54, 1.807) is 0 Å². The fourth-order valence-electron chi connectivity index (χ4n) is 2.67. The highest BCUT2D eigenvalue weighted by Gasteiger charge is 2.20. The lowest BCUT2D eigenvalue weighted by atomic mass is 10.1. The van der Waals surface area contributed by atoms with Crippen molar-refractivity contribution < 1.29 is 0 Å². The lowest BCUT2D eigenvalue weighted by Crippen LogP contribution is -2.31. The molecule has 1 N–H and O–H groups in total. The second-order valence-electron chi connectivity index (χ2n) is 6.72. The number of rotatable bonds is 10. The number of hydrogen-bond donors (Lipinski definition) is 1.